The number of aromatic nitrogens is 3. The molecule has 0 saturated heterocycles. The predicted molar refractivity (Wildman–Crippen MR) is 140 cm³/mol. The van der Waals surface area contributed by atoms with E-state index in [4.69, 9.17) is 4.98 Å². The Morgan fingerprint density at radius 1 is 1.14 bits per heavy atom. The molecule has 3 aromatic rings. The molecule has 0 saturated carbocycles. The van der Waals surface area contributed by atoms with Crippen molar-refractivity contribution in [1.82, 2.24) is 30.5 Å². The number of nitrogens with zero attached hydrogens (tertiary/aromatic N) is 4. The van der Waals surface area contributed by atoms with Crippen molar-refractivity contribution in [3.8, 4) is 0 Å². The van der Waals surface area contributed by atoms with E-state index in [1.54, 1.807) is 6.20 Å². The van der Waals surface area contributed by atoms with Gasteiger partial charge in [0, 0.05) is 33.5 Å². The molecule has 2 heterocycles. The molecule has 36 heavy (non-hydrogen) atoms. The van der Waals surface area contributed by atoms with Crippen LogP contribution in [0.3, 0.4) is 0 Å². The second-order valence-electron chi connectivity index (χ2n) is 8.99. The first-order valence-corrected chi connectivity index (χ1v) is 12.2. The lowest BCUT2D eigenvalue weighted by Gasteiger charge is -2.34. The molecular weight excluding hydrogens is 452 g/mol. The molecule has 0 aliphatic heterocycles. The van der Waals surface area contributed by atoms with Gasteiger partial charge in [0.05, 0.1) is 28.7 Å². The van der Waals surface area contributed by atoms with Crippen LogP contribution in [0.4, 0.5) is 0 Å². The molecule has 2 aromatic heterocycles. The normalized spacial score (nSPS) is 15.0. The van der Waals surface area contributed by atoms with Crippen molar-refractivity contribution in [2.75, 3.05) is 6.54 Å². The molecule has 1 aromatic carbocycles. The topological polar surface area (TPSA) is 100 Å². The van der Waals surface area contributed by atoms with E-state index in [1.807, 2.05) is 44.3 Å². The van der Waals surface area contributed by atoms with Gasteiger partial charge in [-0.3, -0.25) is 19.5 Å². The van der Waals surface area contributed by atoms with E-state index in [9.17, 15) is 9.59 Å². The van der Waals surface area contributed by atoms with Crippen LogP contribution in [0.5, 0.6) is 0 Å². The van der Waals surface area contributed by atoms with Crippen molar-refractivity contribution in [2.24, 2.45) is 0 Å². The maximum atomic E-state index is 12.8. The average molecular weight is 487 g/mol. The van der Waals surface area contributed by atoms with Crippen LogP contribution in [0, 0.1) is 13.8 Å². The summed E-state index contributed by atoms with van der Waals surface area (Å²) in [5.74, 6) is -0.171. The molecule has 0 fully saturated rings. The molecule has 0 bridgehead atoms. The van der Waals surface area contributed by atoms with Gasteiger partial charge in [0.15, 0.2) is 0 Å². The minimum Gasteiger partial charge on any atom is -0.348 e. The first kappa shape index (κ1) is 25.2. The molecular formula is C28H34N6O2. The first-order chi connectivity index (χ1) is 17.6. The standard InChI is InChI=1S/C28H32N6O2.H2/c1-20-26(21(2)33-18-32-20)28(36)31-16-22-7-3-8-23(15-22)17-34(14-6-12-29-19-35)25-11-4-9-24-10-5-13-30-27(24)25;/h3,5-8,10,12-13,15,18-19,25H,4,9,11,14,16-17H2,1-2H3,(H,29,35)(H,31,36);1H/b12-6+;. The van der Waals surface area contributed by atoms with Gasteiger partial charge in [0.1, 0.15) is 6.33 Å². The van der Waals surface area contributed by atoms with Crippen LogP contribution >= 0.6 is 0 Å². The number of carbonyl (C=O) groups is 2. The van der Waals surface area contributed by atoms with E-state index in [0.29, 0.717) is 36.5 Å². The number of hydrogen-bond acceptors (Lipinski definition) is 6. The van der Waals surface area contributed by atoms with Crippen molar-refractivity contribution >= 4 is 12.3 Å². The van der Waals surface area contributed by atoms with Gasteiger partial charge >= 0.3 is 0 Å². The zero-order valence-corrected chi connectivity index (χ0v) is 20.8. The molecule has 1 atom stereocenters. The quantitative estimate of drug-likeness (QED) is 0.423. The molecule has 0 spiro atoms. The number of hydrogen-bond donors (Lipinski definition) is 2. The van der Waals surface area contributed by atoms with Gasteiger partial charge in [-0.2, -0.15) is 0 Å². The highest BCUT2D eigenvalue weighted by molar-refractivity contribution is 5.96. The first-order valence-electron chi connectivity index (χ1n) is 12.2. The Labute approximate surface area is 213 Å². The second kappa shape index (κ2) is 12.2. The van der Waals surface area contributed by atoms with E-state index >= 15 is 0 Å². The number of aryl methyl sites for hydroxylation is 3. The van der Waals surface area contributed by atoms with E-state index in [0.717, 1.165) is 42.6 Å². The maximum absolute atomic E-state index is 12.8. The zero-order chi connectivity index (χ0) is 25.3. The third-order valence-corrected chi connectivity index (χ3v) is 6.51. The fourth-order valence-electron chi connectivity index (χ4n) is 4.80. The monoisotopic (exact) mass is 486 g/mol. The Bertz CT molecular complexity index is 1230. The molecule has 4 rings (SSSR count). The number of pyridine rings is 1. The van der Waals surface area contributed by atoms with Gasteiger partial charge < -0.3 is 10.6 Å². The fraction of sp³-hybridized carbons (Fsp3) is 0.321. The van der Waals surface area contributed by atoms with Crippen LogP contribution in [0.25, 0.3) is 0 Å². The average Bonchev–Trinajstić information content (AvgIpc) is 2.89. The van der Waals surface area contributed by atoms with Crippen molar-refractivity contribution in [3.63, 3.8) is 0 Å². The Morgan fingerprint density at radius 2 is 1.94 bits per heavy atom. The minimum absolute atomic E-state index is 0. The van der Waals surface area contributed by atoms with E-state index in [2.05, 4.69) is 43.7 Å². The van der Waals surface area contributed by atoms with Crippen LogP contribution in [-0.4, -0.2) is 38.7 Å². The van der Waals surface area contributed by atoms with Crippen molar-refractivity contribution in [1.29, 1.82) is 0 Å². The van der Waals surface area contributed by atoms with Gasteiger partial charge in [-0.15, -0.1) is 0 Å². The number of carbonyl (C=O) groups excluding carboxylic acids is 2. The lowest BCUT2D eigenvalue weighted by Crippen LogP contribution is -2.32. The summed E-state index contributed by atoms with van der Waals surface area (Å²) in [7, 11) is 0. The Morgan fingerprint density at radius 3 is 2.75 bits per heavy atom. The maximum Gasteiger partial charge on any atom is 0.255 e. The molecule has 1 aliphatic rings. The van der Waals surface area contributed by atoms with Gasteiger partial charge in [-0.05, 0) is 55.9 Å². The summed E-state index contributed by atoms with van der Waals surface area (Å²) in [5.41, 5.74) is 6.48. The van der Waals surface area contributed by atoms with Crippen molar-refractivity contribution in [3.05, 3.63) is 101 Å². The molecule has 2 N–H and O–H groups in total. The third-order valence-electron chi connectivity index (χ3n) is 6.51. The van der Waals surface area contributed by atoms with Gasteiger partial charge in [0.2, 0.25) is 6.41 Å². The van der Waals surface area contributed by atoms with E-state index in [-0.39, 0.29) is 13.4 Å². The summed E-state index contributed by atoms with van der Waals surface area (Å²) in [6.07, 6.45) is 10.8. The lowest BCUT2D eigenvalue weighted by atomic mass is 9.90. The largest absolute Gasteiger partial charge is 0.348 e. The molecule has 8 heteroatoms. The Kier molecular flexibility index (Phi) is 8.52. The minimum atomic E-state index is -0.171. The second-order valence-corrected chi connectivity index (χ2v) is 8.99. The Balaban J connectivity index is 0.00000380. The smallest absolute Gasteiger partial charge is 0.255 e. The summed E-state index contributed by atoms with van der Waals surface area (Å²) in [4.78, 5) is 38.8. The van der Waals surface area contributed by atoms with E-state index < -0.39 is 0 Å². The molecule has 1 aliphatic carbocycles. The van der Waals surface area contributed by atoms with Crippen LogP contribution in [-0.2, 0) is 24.3 Å². The van der Waals surface area contributed by atoms with Crippen LogP contribution in [0.15, 0.2) is 61.2 Å². The van der Waals surface area contributed by atoms with Crippen LogP contribution < -0.4 is 10.6 Å². The number of rotatable bonds is 10. The highest BCUT2D eigenvalue weighted by Crippen LogP contribution is 2.33. The SMILES string of the molecule is Cc1ncnc(C)c1C(=O)NCc1cccc(CN(C/C=C/NC=O)C2CCCc3cccnc32)c1.[HH]. The lowest BCUT2D eigenvalue weighted by molar-refractivity contribution is -0.108. The van der Waals surface area contributed by atoms with Gasteiger partial charge in [-0.1, -0.05) is 36.4 Å². The number of nitrogens with one attached hydrogen (secondary N) is 2. The van der Waals surface area contributed by atoms with Crippen molar-refractivity contribution in [2.45, 2.75) is 52.2 Å². The third kappa shape index (κ3) is 6.20. The molecule has 188 valence electrons. The van der Waals surface area contributed by atoms with Crippen LogP contribution in [0.2, 0.25) is 0 Å². The van der Waals surface area contributed by atoms with Gasteiger partial charge in [0.25, 0.3) is 5.91 Å². The summed E-state index contributed by atoms with van der Waals surface area (Å²) >= 11 is 0. The molecule has 8 nitrogen and oxygen atoms in total. The molecule has 1 unspecified atom stereocenters. The number of fused-ring (bicyclic) bond motifs is 1. The number of benzene rings is 1. The van der Waals surface area contributed by atoms with Gasteiger partial charge in [-0.25, -0.2) is 9.97 Å². The number of amides is 2. The molecule has 0 radical (unpaired) electrons. The summed E-state index contributed by atoms with van der Waals surface area (Å²) in [6.45, 7) is 5.44. The summed E-state index contributed by atoms with van der Waals surface area (Å²) in [6, 6.07) is 12.6. The summed E-state index contributed by atoms with van der Waals surface area (Å²) in [5, 5.41) is 5.60. The predicted octanol–water partition coefficient (Wildman–Crippen LogP) is 3.80. The molecule has 2 amide bonds. The summed E-state index contributed by atoms with van der Waals surface area (Å²) < 4.78 is 0. The van der Waals surface area contributed by atoms with Crippen molar-refractivity contribution < 1.29 is 11.0 Å². The zero-order valence-electron chi connectivity index (χ0n) is 20.8. The van der Waals surface area contributed by atoms with Crippen LogP contribution in [0.1, 0.15) is 64.4 Å². The fourth-order valence-corrected chi connectivity index (χ4v) is 4.80. The highest BCUT2D eigenvalue weighted by Gasteiger charge is 2.26. The Hall–Kier alpha value is -3.91. The highest BCUT2D eigenvalue weighted by atomic mass is 16.1. The van der Waals surface area contributed by atoms with E-state index in [1.165, 1.54) is 11.9 Å².